The van der Waals surface area contributed by atoms with Gasteiger partial charge in [0, 0.05) is 19.1 Å². The van der Waals surface area contributed by atoms with Crippen LogP contribution in [-0.2, 0) is 19.5 Å². The van der Waals surface area contributed by atoms with Crippen molar-refractivity contribution >= 4 is 29.2 Å². The normalized spacial score (nSPS) is 12.4. The molecule has 1 aromatic heterocycles. The van der Waals surface area contributed by atoms with Crippen LogP contribution in [0, 0.1) is 0 Å². The SMILES string of the molecule is CCCC(C)N(C)Cc1c(Cl)cc(Cl)c(=O)n1CCc1ccc(C(=O)O)cc1. The zero-order chi connectivity index (χ0) is 20.8. The third kappa shape index (κ3) is 5.60. The van der Waals surface area contributed by atoms with Gasteiger partial charge in [-0.25, -0.2) is 4.79 Å². The number of halogens is 2. The van der Waals surface area contributed by atoms with Crippen molar-refractivity contribution in [3.05, 3.63) is 67.6 Å². The Kier molecular flexibility index (Phi) is 8.10. The van der Waals surface area contributed by atoms with Gasteiger partial charge < -0.3 is 9.67 Å². The minimum absolute atomic E-state index is 0.0965. The summed E-state index contributed by atoms with van der Waals surface area (Å²) in [5, 5.41) is 9.57. The predicted molar refractivity (Wildman–Crippen MR) is 114 cm³/mol. The minimum atomic E-state index is -0.962. The highest BCUT2D eigenvalue weighted by Crippen LogP contribution is 2.21. The number of aromatic carboxylic acids is 1. The largest absolute Gasteiger partial charge is 0.478 e. The van der Waals surface area contributed by atoms with Crippen LogP contribution in [0.5, 0.6) is 0 Å². The number of carboxylic acid groups (broad SMARTS) is 1. The zero-order valence-electron chi connectivity index (χ0n) is 16.4. The monoisotopic (exact) mass is 424 g/mol. The first kappa shape index (κ1) is 22.5. The number of pyridine rings is 1. The fourth-order valence-electron chi connectivity index (χ4n) is 3.12. The maximum absolute atomic E-state index is 12.7. The first-order valence-electron chi connectivity index (χ1n) is 9.34. The van der Waals surface area contributed by atoms with Crippen molar-refractivity contribution in [1.29, 1.82) is 0 Å². The van der Waals surface area contributed by atoms with Crippen LogP contribution in [0.25, 0.3) is 0 Å². The number of hydrogen-bond donors (Lipinski definition) is 1. The molecule has 0 aliphatic heterocycles. The van der Waals surface area contributed by atoms with Crippen molar-refractivity contribution in [1.82, 2.24) is 9.47 Å². The van der Waals surface area contributed by atoms with Gasteiger partial charge in [-0.15, -0.1) is 0 Å². The average molecular weight is 425 g/mol. The minimum Gasteiger partial charge on any atom is -0.478 e. The molecular weight excluding hydrogens is 399 g/mol. The summed E-state index contributed by atoms with van der Waals surface area (Å²) in [5.41, 5.74) is 1.65. The molecule has 0 fully saturated rings. The highest BCUT2D eigenvalue weighted by Gasteiger charge is 2.17. The third-order valence-electron chi connectivity index (χ3n) is 4.99. The Morgan fingerprint density at radius 2 is 1.86 bits per heavy atom. The number of hydrogen-bond acceptors (Lipinski definition) is 3. The first-order chi connectivity index (χ1) is 13.2. The number of nitrogens with zero attached hydrogens (tertiary/aromatic N) is 2. The van der Waals surface area contributed by atoms with E-state index in [-0.39, 0.29) is 16.1 Å². The molecule has 1 unspecified atom stereocenters. The lowest BCUT2D eigenvalue weighted by Crippen LogP contribution is -2.33. The van der Waals surface area contributed by atoms with Gasteiger partial charge in [0.05, 0.1) is 16.3 Å². The number of carbonyl (C=O) groups is 1. The maximum Gasteiger partial charge on any atom is 0.335 e. The quantitative estimate of drug-likeness (QED) is 0.632. The van der Waals surface area contributed by atoms with Gasteiger partial charge in [-0.3, -0.25) is 9.69 Å². The highest BCUT2D eigenvalue weighted by molar-refractivity contribution is 6.34. The third-order valence-corrected chi connectivity index (χ3v) is 5.59. The second-order valence-electron chi connectivity index (χ2n) is 7.05. The Morgan fingerprint density at radius 3 is 2.43 bits per heavy atom. The van der Waals surface area contributed by atoms with E-state index in [1.807, 2.05) is 7.05 Å². The van der Waals surface area contributed by atoms with Crippen molar-refractivity contribution in [2.24, 2.45) is 0 Å². The van der Waals surface area contributed by atoms with Crippen molar-refractivity contribution in [3.63, 3.8) is 0 Å². The van der Waals surface area contributed by atoms with Crippen molar-refractivity contribution < 1.29 is 9.90 Å². The van der Waals surface area contributed by atoms with Crippen LogP contribution in [0.4, 0.5) is 0 Å². The first-order valence-corrected chi connectivity index (χ1v) is 10.1. The van der Waals surface area contributed by atoms with Crippen LogP contribution in [0.1, 0.15) is 48.3 Å². The van der Waals surface area contributed by atoms with Crippen LogP contribution < -0.4 is 5.56 Å². The molecule has 0 amide bonds. The van der Waals surface area contributed by atoms with E-state index in [1.165, 1.54) is 6.07 Å². The summed E-state index contributed by atoms with van der Waals surface area (Å²) in [6.07, 6.45) is 2.71. The molecule has 1 aromatic carbocycles. The maximum atomic E-state index is 12.7. The molecular formula is C21H26Cl2N2O3. The van der Waals surface area contributed by atoms with Gasteiger partial charge in [0.15, 0.2) is 0 Å². The van der Waals surface area contributed by atoms with E-state index in [4.69, 9.17) is 28.3 Å². The molecule has 28 heavy (non-hydrogen) atoms. The summed E-state index contributed by atoms with van der Waals surface area (Å²) in [6.45, 7) is 5.26. The number of aryl methyl sites for hydroxylation is 1. The number of benzene rings is 1. The molecule has 1 atom stereocenters. The standard InChI is InChI=1S/C21H26Cl2N2O3/c1-4-5-14(2)24(3)13-19-17(22)12-18(23)20(26)25(19)11-10-15-6-8-16(9-7-15)21(27)28/h6-9,12,14H,4-5,10-11,13H2,1-3H3,(H,27,28). The molecule has 0 bridgehead atoms. The van der Waals surface area contributed by atoms with Gasteiger partial charge in [-0.1, -0.05) is 48.7 Å². The van der Waals surface area contributed by atoms with E-state index in [0.717, 1.165) is 24.1 Å². The fraction of sp³-hybridized carbons (Fsp3) is 0.429. The summed E-state index contributed by atoms with van der Waals surface area (Å²) in [7, 11) is 2.02. The fourth-order valence-corrected chi connectivity index (χ4v) is 3.66. The molecule has 0 radical (unpaired) electrons. The Hall–Kier alpha value is -1.82. The summed E-state index contributed by atoms with van der Waals surface area (Å²) < 4.78 is 1.63. The van der Waals surface area contributed by atoms with Crippen LogP contribution in [0.2, 0.25) is 10.0 Å². The lowest BCUT2D eigenvalue weighted by molar-refractivity contribution is 0.0697. The second-order valence-corrected chi connectivity index (χ2v) is 7.86. The number of aromatic nitrogens is 1. The number of carboxylic acids is 1. The van der Waals surface area contributed by atoms with Gasteiger partial charge in [0.1, 0.15) is 5.02 Å². The second kappa shape index (κ2) is 10.1. The van der Waals surface area contributed by atoms with Gasteiger partial charge in [-0.05, 0) is 50.6 Å². The molecule has 2 aromatic rings. The molecule has 1 N–H and O–H groups in total. The smallest absolute Gasteiger partial charge is 0.335 e. The van der Waals surface area contributed by atoms with Crippen molar-refractivity contribution in [3.8, 4) is 0 Å². The Balaban J connectivity index is 2.26. The zero-order valence-corrected chi connectivity index (χ0v) is 17.9. The Bertz CT molecular complexity index is 878. The van der Waals surface area contributed by atoms with E-state index in [0.29, 0.717) is 30.6 Å². The van der Waals surface area contributed by atoms with Gasteiger partial charge in [0.2, 0.25) is 0 Å². The Morgan fingerprint density at radius 1 is 1.21 bits per heavy atom. The van der Waals surface area contributed by atoms with Gasteiger partial charge in [-0.2, -0.15) is 0 Å². The molecule has 0 spiro atoms. The summed E-state index contributed by atoms with van der Waals surface area (Å²) >= 11 is 12.5. The van der Waals surface area contributed by atoms with E-state index < -0.39 is 5.97 Å². The summed E-state index contributed by atoms with van der Waals surface area (Å²) in [5.74, 6) is -0.962. The van der Waals surface area contributed by atoms with Gasteiger partial charge >= 0.3 is 5.97 Å². The molecule has 152 valence electrons. The Labute approximate surface area is 175 Å². The summed E-state index contributed by atoms with van der Waals surface area (Å²) in [4.78, 5) is 25.8. The van der Waals surface area contributed by atoms with Crippen molar-refractivity contribution in [2.45, 2.75) is 52.2 Å². The van der Waals surface area contributed by atoms with Crippen LogP contribution in [-0.4, -0.2) is 33.6 Å². The topological polar surface area (TPSA) is 62.5 Å². The lowest BCUT2D eigenvalue weighted by atomic mass is 10.1. The molecule has 0 saturated carbocycles. The molecule has 7 heteroatoms. The van der Waals surface area contributed by atoms with E-state index in [9.17, 15) is 9.59 Å². The van der Waals surface area contributed by atoms with Crippen LogP contribution >= 0.6 is 23.2 Å². The number of rotatable bonds is 9. The average Bonchev–Trinajstić information content (AvgIpc) is 2.66. The lowest BCUT2D eigenvalue weighted by Gasteiger charge is -2.26. The van der Waals surface area contributed by atoms with E-state index in [2.05, 4.69) is 18.7 Å². The molecule has 5 nitrogen and oxygen atoms in total. The molecule has 0 aliphatic rings. The van der Waals surface area contributed by atoms with E-state index >= 15 is 0 Å². The van der Waals surface area contributed by atoms with Crippen LogP contribution in [0.3, 0.4) is 0 Å². The van der Waals surface area contributed by atoms with E-state index in [1.54, 1.807) is 28.8 Å². The van der Waals surface area contributed by atoms with Crippen LogP contribution in [0.15, 0.2) is 35.1 Å². The predicted octanol–water partition coefficient (Wildman–Crippen LogP) is 4.72. The molecule has 2 rings (SSSR count). The van der Waals surface area contributed by atoms with Gasteiger partial charge in [0.25, 0.3) is 5.56 Å². The van der Waals surface area contributed by atoms with Crippen molar-refractivity contribution in [2.75, 3.05) is 7.05 Å². The molecule has 1 heterocycles. The molecule has 0 saturated heterocycles. The highest BCUT2D eigenvalue weighted by atomic mass is 35.5. The molecule has 0 aliphatic carbocycles. The summed E-state index contributed by atoms with van der Waals surface area (Å²) in [6, 6.07) is 8.52.